The van der Waals surface area contributed by atoms with E-state index in [1.807, 2.05) is 24.3 Å². The molecule has 1 aromatic carbocycles. The molecule has 5 heteroatoms. The van der Waals surface area contributed by atoms with Crippen LogP contribution in [0, 0.1) is 0 Å². The second-order valence-electron chi connectivity index (χ2n) is 4.84. The quantitative estimate of drug-likeness (QED) is 0.504. The summed E-state index contributed by atoms with van der Waals surface area (Å²) in [6.07, 6.45) is 3.01. The fourth-order valence-electron chi connectivity index (χ4n) is 1.95. The number of amides is 1. The molecule has 0 saturated carbocycles. The molecule has 0 bridgehead atoms. The number of rotatable bonds is 10. The number of nitrogen functional groups attached to an aromatic ring is 1. The minimum atomic E-state index is -0.283. The average Bonchev–Trinajstić information content (AvgIpc) is 2.41. The molecule has 112 valence electrons. The topological polar surface area (TPSA) is 81.6 Å². The largest absolute Gasteiger partial charge is 0.491 e. The molecule has 1 aromatic rings. The molecule has 0 radical (unpaired) electrons. The lowest BCUT2D eigenvalue weighted by Crippen LogP contribution is -2.35. The number of ether oxygens (including phenoxy) is 1. The highest BCUT2D eigenvalue weighted by Crippen LogP contribution is 2.19. The molecule has 0 atom stereocenters. The van der Waals surface area contributed by atoms with Crippen LogP contribution in [0.1, 0.15) is 26.2 Å². The first-order chi connectivity index (χ1) is 9.63. The third-order valence-corrected chi connectivity index (χ3v) is 3.00. The van der Waals surface area contributed by atoms with Crippen molar-refractivity contribution in [1.82, 2.24) is 4.90 Å². The van der Waals surface area contributed by atoms with E-state index < -0.39 is 0 Å². The van der Waals surface area contributed by atoms with Gasteiger partial charge in [-0.2, -0.15) is 0 Å². The van der Waals surface area contributed by atoms with Crippen LogP contribution in [0.3, 0.4) is 0 Å². The van der Waals surface area contributed by atoms with Crippen molar-refractivity contribution >= 4 is 11.6 Å². The molecule has 0 aliphatic carbocycles. The van der Waals surface area contributed by atoms with Crippen LogP contribution >= 0.6 is 0 Å². The lowest BCUT2D eigenvalue weighted by molar-refractivity contribution is -0.119. The van der Waals surface area contributed by atoms with Crippen LogP contribution in [-0.4, -0.2) is 37.0 Å². The zero-order chi connectivity index (χ0) is 14.8. The fraction of sp³-hybridized carbons (Fsp3) is 0.533. The molecule has 4 N–H and O–H groups in total. The number of primary amides is 1. The van der Waals surface area contributed by atoms with Gasteiger partial charge in [-0.3, -0.25) is 9.69 Å². The highest BCUT2D eigenvalue weighted by Gasteiger charge is 2.07. The Hall–Kier alpha value is -1.75. The van der Waals surface area contributed by atoms with Gasteiger partial charge in [0.1, 0.15) is 5.75 Å². The Bertz CT molecular complexity index is 410. The zero-order valence-corrected chi connectivity index (χ0v) is 12.2. The molecule has 20 heavy (non-hydrogen) atoms. The minimum absolute atomic E-state index is 0.283. The van der Waals surface area contributed by atoms with E-state index in [9.17, 15) is 4.79 Å². The summed E-state index contributed by atoms with van der Waals surface area (Å²) in [7, 11) is 0. The molecular formula is C15H25N3O2. The lowest BCUT2D eigenvalue weighted by atomic mass is 10.3. The van der Waals surface area contributed by atoms with Crippen LogP contribution in [0.15, 0.2) is 24.3 Å². The van der Waals surface area contributed by atoms with Crippen molar-refractivity contribution in [1.29, 1.82) is 0 Å². The van der Waals surface area contributed by atoms with Crippen molar-refractivity contribution in [2.24, 2.45) is 5.73 Å². The summed E-state index contributed by atoms with van der Waals surface area (Å²) >= 11 is 0. The number of nitrogens with zero attached hydrogens (tertiary/aromatic N) is 1. The highest BCUT2D eigenvalue weighted by molar-refractivity contribution is 5.75. The number of hydrogen-bond donors (Lipinski definition) is 2. The van der Waals surface area contributed by atoms with Crippen molar-refractivity contribution in [3.05, 3.63) is 24.3 Å². The molecule has 1 amide bonds. The van der Waals surface area contributed by atoms with Gasteiger partial charge >= 0.3 is 0 Å². The van der Waals surface area contributed by atoms with Gasteiger partial charge in [-0.25, -0.2) is 0 Å². The monoisotopic (exact) mass is 279 g/mol. The Morgan fingerprint density at radius 3 is 2.60 bits per heavy atom. The molecule has 0 spiro atoms. The van der Waals surface area contributed by atoms with Gasteiger partial charge in [-0.15, -0.1) is 0 Å². The number of hydrogen-bond acceptors (Lipinski definition) is 4. The van der Waals surface area contributed by atoms with Crippen LogP contribution in [-0.2, 0) is 4.79 Å². The van der Waals surface area contributed by atoms with Gasteiger partial charge in [0.2, 0.25) is 5.91 Å². The summed E-state index contributed by atoms with van der Waals surface area (Å²) in [5.74, 6) is 0.428. The van der Waals surface area contributed by atoms with E-state index in [-0.39, 0.29) is 5.91 Å². The second kappa shape index (κ2) is 9.20. The first-order valence-corrected chi connectivity index (χ1v) is 7.11. The van der Waals surface area contributed by atoms with Gasteiger partial charge < -0.3 is 16.2 Å². The molecule has 0 aliphatic rings. The molecule has 0 aromatic heterocycles. The van der Waals surface area contributed by atoms with Gasteiger partial charge in [0.15, 0.2) is 0 Å². The van der Waals surface area contributed by atoms with Crippen LogP contribution in [0.25, 0.3) is 0 Å². The van der Waals surface area contributed by atoms with Gasteiger partial charge in [-0.1, -0.05) is 25.5 Å². The molecule has 0 saturated heterocycles. The Morgan fingerprint density at radius 2 is 1.95 bits per heavy atom. The van der Waals surface area contributed by atoms with Crippen molar-refractivity contribution in [2.75, 3.05) is 32.0 Å². The van der Waals surface area contributed by atoms with E-state index in [2.05, 4.69) is 11.8 Å². The van der Waals surface area contributed by atoms with E-state index in [1.54, 1.807) is 0 Å². The maximum absolute atomic E-state index is 11.0. The molecular weight excluding hydrogens is 254 g/mol. The Balaban J connectivity index is 2.29. The number of para-hydroxylation sites is 2. The van der Waals surface area contributed by atoms with Gasteiger partial charge in [0.25, 0.3) is 0 Å². The van der Waals surface area contributed by atoms with Crippen molar-refractivity contribution in [2.45, 2.75) is 26.2 Å². The van der Waals surface area contributed by atoms with Gasteiger partial charge in [0.05, 0.1) is 18.8 Å². The number of carbonyl (C=O) groups is 1. The van der Waals surface area contributed by atoms with Crippen LogP contribution in [0.5, 0.6) is 5.75 Å². The number of unbranched alkanes of at least 4 members (excludes halogenated alkanes) is 1. The fourth-order valence-corrected chi connectivity index (χ4v) is 1.95. The third kappa shape index (κ3) is 6.43. The van der Waals surface area contributed by atoms with Gasteiger partial charge in [0, 0.05) is 6.54 Å². The first kappa shape index (κ1) is 16.3. The highest BCUT2D eigenvalue weighted by atomic mass is 16.5. The predicted octanol–water partition coefficient (Wildman–Crippen LogP) is 1.63. The summed E-state index contributed by atoms with van der Waals surface area (Å²) in [4.78, 5) is 13.1. The number of benzene rings is 1. The predicted molar refractivity (Wildman–Crippen MR) is 81.5 cm³/mol. The normalized spacial score (nSPS) is 10.7. The van der Waals surface area contributed by atoms with Crippen molar-refractivity contribution < 1.29 is 9.53 Å². The SMILES string of the molecule is CCCCN(CCCOc1ccccc1N)CC(N)=O. The standard InChI is InChI=1S/C15H25N3O2/c1-2-3-9-18(12-15(17)19)10-6-11-20-14-8-5-4-7-13(14)16/h4-5,7-8H,2-3,6,9-12,16H2,1H3,(H2,17,19). The summed E-state index contributed by atoms with van der Waals surface area (Å²) in [5.41, 5.74) is 11.7. The van der Waals surface area contributed by atoms with Crippen molar-refractivity contribution in [3.63, 3.8) is 0 Å². The average molecular weight is 279 g/mol. The molecule has 0 heterocycles. The summed E-state index contributed by atoms with van der Waals surface area (Å²) in [5, 5.41) is 0. The smallest absolute Gasteiger partial charge is 0.231 e. The van der Waals surface area contributed by atoms with E-state index in [0.717, 1.165) is 32.4 Å². The van der Waals surface area contributed by atoms with E-state index in [1.165, 1.54) is 0 Å². The molecule has 5 nitrogen and oxygen atoms in total. The first-order valence-electron chi connectivity index (χ1n) is 7.11. The number of nitrogens with two attached hydrogens (primary N) is 2. The van der Waals surface area contributed by atoms with Crippen LogP contribution < -0.4 is 16.2 Å². The van der Waals surface area contributed by atoms with Crippen LogP contribution in [0.2, 0.25) is 0 Å². The maximum atomic E-state index is 11.0. The summed E-state index contributed by atoms with van der Waals surface area (Å²) < 4.78 is 5.63. The molecule has 0 unspecified atom stereocenters. The lowest BCUT2D eigenvalue weighted by Gasteiger charge is -2.20. The summed E-state index contributed by atoms with van der Waals surface area (Å²) in [6.45, 7) is 4.72. The number of anilines is 1. The Morgan fingerprint density at radius 1 is 1.25 bits per heavy atom. The van der Waals surface area contributed by atoms with E-state index in [0.29, 0.717) is 24.6 Å². The summed E-state index contributed by atoms with van der Waals surface area (Å²) in [6, 6.07) is 7.44. The maximum Gasteiger partial charge on any atom is 0.231 e. The van der Waals surface area contributed by atoms with Crippen LogP contribution in [0.4, 0.5) is 5.69 Å². The van der Waals surface area contributed by atoms with Crippen molar-refractivity contribution in [3.8, 4) is 5.75 Å². The zero-order valence-electron chi connectivity index (χ0n) is 12.2. The molecule has 1 rings (SSSR count). The Labute approximate surface area is 120 Å². The van der Waals surface area contributed by atoms with E-state index in [4.69, 9.17) is 16.2 Å². The van der Waals surface area contributed by atoms with Gasteiger partial charge in [-0.05, 0) is 31.5 Å². The second-order valence-corrected chi connectivity index (χ2v) is 4.84. The minimum Gasteiger partial charge on any atom is -0.491 e. The molecule has 0 fully saturated rings. The Kier molecular flexibility index (Phi) is 7.50. The molecule has 0 aliphatic heterocycles. The van der Waals surface area contributed by atoms with E-state index >= 15 is 0 Å². The number of carbonyl (C=O) groups excluding carboxylic acids is 1. The third-order valence-electron chi connectivity index (χ3n) is 3.00.